The van der Waals surface area contributed by atoms with Crippen LogP contribution in [-0.2, 0) is 9.53 Å². The van der Waals surface area contributed by atoms with Crippen LogP contribution in [0.3, 0.4) is 0 Å². The van der Waals surface area contributed by atoms with Crippen molar-refractivity contribution < 1.29 is 18.7 Å². The first kappa shape index (κ1) is 22.0. The Bertz CT molecular complexity index is 549. The van der Waals surface area contributed by atoms with Gasteiger partial charge in [-0.1, -0.05) is 11.6 Å². The minimum Gasteiger partial charge on any atom is -0.491 e. The van der Waals surface area contributed by atoms with E-state index in [0.29, 0.717) is 18.9 Å². The average molecular weight is 395 g/mol. The van der Waals surface area contributed by atoms with Gasteiger partial charge in [-0.15, -0.1) is 12.4 Å². The number of rotatable bonds is 8. The van der Waals surface area contributed by atoms with Gasteiger partial charge in [0.1, 0.15) is 11.6 Å². The second-order valence-corrected chi connectivity index (χ2v) is 6.54. The SMILES string of the molecule is COCC1(CNC(=O)CCOc2ccc(F)cc2Cl)CCNCC1.Cl. The number of piperidine rings is 1. The van der Waals surface area contributed by atoms with Crippen molar-refractivity contribution in [3.05, 3.63) is 29.0 Å². The molecule has 0 aliphatic carbocycles. The summed E-state index contributed by atoms with van der Waals surface area (Å²) < 4.78 is 23.7. The van der Waals surface area contributed by atoms with E-state index in [1.165, 1.54) is 18.2 Å². The number of methoxy groups -OCH3 is 1. The zero-order chi connectivity index (χ0) is 17.4. The van der Waals surface area contributed by atoms with Crippen LogP contribution in [0.25, 0.3) is 0 Å². The van der Waals surface area contributed by atoms with Crippen molar-refractivity contribution in [2.24, 2.45) is 5.41 Å². The van der Waals surface area contributed by atoms with Gasteiger partial charge in [0, 0.05) is 19.1 Å². The quantitative estimate of drug-likeness (QED) is 0.711. The van der Waals surface area contributed by atoms with Gasteiger partial charge in [-0.25, -0.2) is 4.39 Å². The lowest BCUT2D eigenvalue weighted by atomic mass is 9.79. The average Bonchev–Trinajstić information content (AvgIpc) is 2.56. The molecule has 2 N–H and O–H groups in total. The maximum atomic E-state index is 13.0. The molecular formula is C17H25Cl2FN2O3. The molecule has 1 aromatic rings. The third-order valence-corrected chi connectivity index (χ3v) is 4.55. The van der Waals surface area contributed by atoms with Crippen molar-refractivity contribution in [1.82, 2.24) is 10.6 Å². The lowest BCUT2D eigenvalue weighted by Gasteiger charge is -2.37. The first-order chi connectivity index (χ1) is 11.5. The summed E-state index contributed by atoms with van der Waals surface area (Å²) in [5.74, 6) is -0.127. The highest BCUT2D eigenvalue weighted by Crippen LogP contribution is 2.28. The van der Waals surface area contributed by atoms with Crippen LogP contribution in [0.5, 0.6) is 5.75 Å². The van der Waals surface area contributed by atoms with E-state index in [1.807, 2.05) is 0 Å². The molecule has 1 heterocycles. The first-order valence-corrected chi connectivity index (χ1v) is 8.47. The van der Waals surface area contributed by atoms with Crippen molar-refractivity contribution >= 4 is 29.9 Å². The molecule has 0 saturated carbocycles. The van der Waals surface area contributed by atoms with Crippen molar-refractivity contribution in [1.29, 1.82) is 0 Å². The van der Waals surface area contributed by atoms with E-state index in [9.17, 15) is 9.18 Å². The smallest absolute Gasteiger partial charge is 0.223 e. The van der Waals surface area contributed by atoms with E-state index >= 15 is 0 Å². The van der Waals surface area contributed by atoms with E-state index < -0.39 is 5.82 Å². The third kappa shape index (κ3) is 6.98. The van der Waals surface area contributed by atoms with Crippen LogP contribution in [0.1, 0.15) is 19.3 Å². The summed E-state index contributed by atoms with van der Waals surface area (Å²) in [7, 11) is 1.69. The highest BCUT2D eigenvalue weighted by Gasteiger charge is 2.32. The summed E-state index contributed by atoms with van der Waals surface area (Å²) in [6, 6.07) is 3.91. The Morgan fingerprint density at radius 1 is 1.40 bits per heavy atom. The van der Waals surface area contributed by atoms with Crippen molar-refractivity contribution in [3.8, 4) is 5.75 Å². The number of hydrogen-bond donors (Lipinski definition) is 2. The van der Waals surface area contributed by atoms with Gasteiger partial charge in [-0.05, 0) is 44.1 Å². The summed E-state index contributed by atoms with van der Waals surface area (Å²) in [5.41, 5.74) is -0.00319. The standard InChI is InChI=1S/C17H24ClFN2O3.ClH/c1-23-12-17(5-7-20-8-6-17)11-21-16(22)4-9-24-15-3-2-13(19)10-14(15)18;/h2-3,10,20H,4-9,11-12H2,1H3,(H,21,22);1H. The monoisotopic (exact) mass is 394 g/mol. The van der Waals surface area contributed by atoms with Gasteiger partial charge in [-0.2, -0.15) is 0 Å². The molecule has 1 fully saturated rings. The zero-order valence-corrected chi connectivity index (χ0v) is 15.9. The zero-order valence-electron chi connectivity index (χ0n) is 14.3. The van der Waals surface area contributed by atoms with Crippen molar-refractivity contribution in [2.45, 2.75) is 19.3 Å². The number of carbonyl (C=O) groups is 1. The number of amides is 1. The Balaban J connectivity index is 0.00000312. The Morgan fingerprint density at radius 2 is 2.12 bits per heavy atom. The van der Waals surface area contributed by atoms with Crippen LogP contribution < -0.4 is 15.4 Å². The van der Waals surface area contributed by atoms with Crippen LogP contribution >= 0.6 is 24.0 Å². The molecule has 2 rings (SSSR count). The highest BCUT2D eigenvalue weighted by atomic mass is 35.5. The topological polar surface area (TPSA) is 59.6 Å². The molecule has 0 unspecified atom stereocenters. The number of halogens is 3. The molecule has 25 heavy (non-hydrogen) atoms. The molecule has 8 heteroatoms. The fraction of sp³-hybridized carbons (Fsp3) is 0.588. The Morgan fingerprint density at radius 3 is 2.76 bits per heavy atom. The normalized spacial score (nSPS) is 16.0. The molecule has 0 atom stereocenters. The van der Waals surface area contributed by atoms with Gasteiger partial charge < -0.3 is 20.1 Å². The lowest BCUT2D eigenvalue weighted by molar-refractivity contribution is -0.122. The van der Waals surface area contributed by atoms with Gasteiger partial charge in [0.15, 0.2) is 0 Å². The summed E-state index contributed by atoms with van der Waals surface area (Å²) in [6.45, 7) is 3.29. The molecule has 1 aliphatic heterocycles. The summed E-state index contributed by atoms with van der Waals surface area (Å²) in [4.78, 5) is 12.0. The number of benzene rings is 1. The van der Waals surface area contributed by atoms with E-state index in [0.717, 1.165) is 25.9 Å². The Hall–Kier alpha value is -1.08. The molecular weight excluding hydrogens is 370 g/mol. The van der Waals surface area contributed by atoms with Crippen molar-refractivity contribution in [3.63, 3.8) is 0 Å². The minimum atomic E-state index is -0.421. The summed E-state index contributed by atoms with van der Waals surface area (Å²) in [6.07, 6.45) is 2.17. The van der Waals surface area contributed by atoms with Gasteiger partial charge in [-0.3, -0.25) is 4.79 Å². The van der Waals surface area contributed by atoms with E-state index in [4.69, 9.17) is 21.1 Å². The summed E-state index contributed by atoms with van der Waals surface area (Å²) in [5, 5.41) is 6.49. The number of hydrogen-bond acceptors (Lipinski definition) is 4. The third-order valence-electron chi connectivity index (χ3n) is 4.26. The predicted octanol–water partition coefficient (Wildman–Crippen LogP) is 2.80. The molecule has 0 bridgehead atoms. The second-order valence-electron chi connectivity index (χ2n) is 6.13. The van der Waals surface area contributed by atoms with Crippen LogP contribution in [0.2, 0.25) is 5.02 Å². The molecule has 0 radical (unpaired) electrons. The molecule has 5 nitrogen and oxygen atoms in total. The Labute approximate surface area is 159 Å². The number of ether oxygens (including phenoxy) is 2. The molecule has 1 aromatic carbocycles. The largest absolute Gasteiger partial charge is 0.491 e. The molecule has 142 valence electrons. The molecule has 1 amide bonds. The molecule has 1 aliphatic rings. The van der Waals surface area contributed by atoms with Gasteiger partial charge in [0.05, 0.1) is 24.7 Å². The van der Waals surface area contributed by atoms with Crippen LogP contribution in [-0.4, -0.2) is 45.9 Å². The summed E-state index contributed by atoms with van der Waals surface area (Å²) >= 11 is 5.88. The Kier molecular flexibility index (Phi) is 9.50. The maximum Gasteiger partial charge on any atom is 0.223 e. The molecule has 1 saturated heterocycles. The van der Waals surface area contributed by atoms with Gasteiger partial charge in [0.25, 0.3) is 0 Å². The first-order valence-electron chi connectivity index (χ1n) is 8.09. The minimum absolute atomic E-state index is 0. The van der Waals surface area contributed by atoms with E-state index in [1.54, 1.807) is 7.11 Å². The second kappa shape index (κ2) is 10.8. The molecule has 0 aromatic heterocycles. The van der Waals surface area contributed by atoms with E-state index in [-0.39, 0.29) is 41.8 Å². The lowest BCUT2D eigenvalue weighted by Crippen LogP contribution is -2.47. The predicted molar refractivity (Wildman–Crippen MR) is 98.2 cm³/mol. The molecule has 0 spiro atoms. The number of nitrogens with one attached hydrogen (secondary N) is 2. The van der Waals surface area contributed by atoms with Crippen LogP contribution in [0, 0.1) is 11.2 Å². The maximum absolute atomic E-state index is 13.0. The fourth-order valence-corrected chi connectivity index (χ4v) is 3.08. The van der Waals surface area contributed by atoms with Crippen molar-refractivity contribution in [2.75, 3.05) is 40.0 Å². The highest BCUT2D eigenvalue weighted by molar-refractivity contribution is 6.32. The number of carbonyl (C=O) groups excluding carboxylic acids is 1. The van der Waals surface area contributed by atoms with Gasteiger partial charge >= 0.3 is 0 Å². The van der Waals surface area contributed by atoms with Gasteiger partial charge in [0.2, 0.25) is 5.91 Å². The van der Waals surface area contributed by atoms with Crippen LogP contribution in [0.4, 0.5) is 4.39 Å². The van der Waals surface area contributed by atoms with E-state index in [2.05, 4.69) is 10.6 Å². The van der Waals surface area contributed by atoms with Crippen LogP contribution in [0.15, 0.2) is 18.2 Å². The fourth-order valence-electron chi connectivity index (χ4n) is 2.86.